The number of rotatable bonds is 7. The maximum atomic E-state index is 12.2. The first-order chi connectivity index (χ1) is 8.67. The average Bonchev–Trinajstić information content (AvgIpc) is 3.14. The molecule has 1 N–H and O–H groups in total. The molecule has 0 saturated heterocycles. The van der Waals surface area contributed by atoms with E-state index in [2.05, 4.69) is 26.1 Å². The molecule has 0 aromatic carbocycles. The summed E-state index contributed by atoms with van der Waals surface area (Å²) in [5, 5.41) is 3.49. The fourth-order valence-electron chi connectivity index (χ4n) is 2.40. The smallest absolute Gasteiger partial charge is 0.312 e. The largest absolute Gasteiger partial charge is 0.328 e. The van der Waals surface area contributed by atoms with Crippen molar-refractivity contribution in [2.24, 2.45) is 5.92 Å². The number of hydrogen-bond donors (Lipinski definition) is 1. The van der Waals surface area contributed by atoms with E-state index in [1.54, 1.807) is 0 Å². The molecule has 18 heavy (non-hydrogen) atoms. The van der Waals surface area contributed by atoms with E-state index < -0.39 is 0 Å². The minimum atomic E-state index is 0.156. The summed E-state index contributed by atoms with van der Waals surface area (Å²) >= 11 is 0. The van der Waals surface area contributed by atoms with Crippen molar-refractivity contribution in [3.8, 4) is 0 Å². The van der Waals surface area contributed by atoms with Crippen LogP contribution in [0.5, 0.6) is 0 Å². The Bertz CT molecular complexity index is 430. The van der Waals surface area contributed by atoms with Crippen molar-refractivity contribution in [3.63, 3.8) is 0 Å². The van der Waals surface area contributed by atoms with Crippen LogP contribution in [-0.2, 0) is 6.54 Å². The molecular weight excluding hydrogens is 226 g/mol. The van der Waals surface area contributed by atoms with Gasteiger partial charge in [0.2, 0.25) is 0 Å². The van der Waals surface area contributed by atoms with Gasteiger partial charge in [-0.05, 0) is 25.3 Å². The van der Waals surface area contributed by atoms with Gasteiger partial charge in [0.15, 0.2) is 0 Å². The SMILES string of the molecule is CCNC(Cn1ccn(C2CC2)c1=O)C(C)CC. The molecule has 2 rings (SSSR count). The third kappa shape index (κ3) is 2.86. The van der Waals surface area contributed by atoms with Gasteiger partial charge in [0.1, 0.15) is 0 Å². The van der Waals surface area contributed by atoms with E-state index in [0.717, 1.165) is 32.4 Å². The molecule has 102 valence electrons. The monoisotopic (exact) mass is 251 g/mol. The molecule has 2 atom stereocenters. The molecule has 0 amide bonds. The second-order valence-corrected chi connectivity index (χ2v) is 5.42. The summed E-state index contributed by atoms with van der Waals surface area (Å²) in [5.41, 5.74) is 0.156. The highest BCUT2D eigenvalue weighted by atomic mass is 16.1. The van der Waals surface area contributed by atoms with Gasteiger partial charge in [-0.1, -0.05) is 27.2 Å². The molecule has 2 unspecified atom stereocenters. The Hall–Kier alpha value is -1.03. The van der Waals surface area contributed by atoms with Crippen molar-refractivity contribution in [2.75, 3.05) is 6.54 Å². The zero-order chi connectivity index (χ0) is 13.1. The first kappa shape index (κ1) is 13.4. The van der Waals surface area contributed by atoms with Crippen LogP contribution in [0.4, 0.5) is 0 Å². The van der Waals surface area contributed by atoms with Crippen LogP contribution in [-0.4, -0.2) is 21.7 Å². The second-order valence-electron chi connectivity index (χ2n) is 5.42. The summed E-state index contributed by atoms with van der Waals surface area (Å²) in [6, 6.07) is 0.854. The zero-order valence-electron chi connectivity index (χ0n) is 11.7. The van der Waals surface area contributed by atoms with Crippen LogP contribution < -0.4 is 11.0 Å². The lowest BCUT2D eigenvalue weighted by Crippen LogP contribution is -2.40. The van der Waals surface area contributed by atoms with E-state index in [9.17, 15) is 4.79 Å². The van der Waals surface area contributed by atoms with Crippen molar-refractivity contribution in [2.45, 2.75) is 58.7 Å². The maximum Gasteiger partial charge on any atom is 0.328 e. The molecule has 4 nitrogen and oxygen atoms in total. The third-order valence-electron chi connectivity index (χ3n) is 4.00. The quantitative estimate of drug-likeness (QED) is 0.805. The van der Waals surface area contributed by atoms with Crippen molar-refractivity contribution in [3.05, 3.63) is 22.9 Å². The van der Waals surface area contributed by atoms with Gasteiger partial charge in [0, 0.05) is 31.0 Å². The number of nitrogens with zero attached hydrogens (tertiary/aromatic N) is 2. The van der Waals surface area contributed by atoms with Gasteiger partial charge in [-0.2, -0.15) is 0 Å². The Morgan fingerprint density at radius 1 is 1.39 bits per heavy atom. The molecule has 0 spiro atoms. The predicted molar refractivity (Wildman–Crippen MR) is 73.9 cm³/mol. The first-order valence-electron chi connectivity index (χ1n) is 7.18. The molecular formula is C14H25N3O. The van der Waals surface area contributed by atoms with E-state index >= 15 is 0 Å². The lowest BCUT2D eigenvalue weighted by molar-refractivity contribution is 0.330. The van der Waals surface area contributed by atoms with E-state index in [4.69, 9.17) is 0 Å². The van der Waals surface area contributed by atoms with Gasteiger partial charge in [-0.25, -0.2) is 4.79 Å². The van der Waals surface area contributed by atoms with Crippen LogP contribution in [0, 0.1) is 5.92 Å². The van der Waals surface area contributed by atoms with Crippen molar-refractivity contribution < 1.29 is 0 Å². The lowest BCUT2D eigenvalue weighted by atomic mass is 9.99. The zero-order valence-corrected chi connectivity index (χ0v) is 11.7. The highest BCUT2D eigenvalue weighted by molar-refractivity contribution is 4.92. The summed E-state index contributed by atoms with van der Waals surface area (Å²) in [6.45, 7) is 8.30. The van der Waals surface area contributed by atoms with Crippen molar-refractivity contribution in [1.29, 1.82) is 0 Å². The molecule has 1 aromatic rings. The minimum absolute atomic E-state index is 0.156. The molecule has 1 aliphatic rings. The Balaban J connectivity index is 2.08. The fourth-order valence-corrected chi connectivity index (χ4v) is 2.40. The summed E-state index contributed by atoms with van der Waals surface area (Å²) in [6.07, 6.45) is 7.33. The van der Waals surface area contributed by atoms with Crippen LogP contribution in [0.25, 0.3) is 0 Å². The standard InChI is InChI=1S/C14H25N3O/c1-4-11(3)13(15-5-2)10-16-8-9-17(14(16)18)12-6-7-12/h8-9,11-13,15H,4-7,10H2,1-3H3. The van der Waals surface area contributed by atoms with Crippen molar-refractivity contribution in [1.82, 2.24) is 14.5 Å². The maximum absolute atomic E-state index is 12.2. The van der Waals surface area contributed by atoms with E-state index in [-0.39, 0.29) is 5.69 Å². The Morgan fingerprint density at radius 2 is 2.11 bits per heavy atom. The molecule has 1 aromatic heterocycles. The summed E-state index contributed by atoms with van der Waals surface area (Å²) < 4.78 is 3.75. The second kappa shape index (κ2) is 5.74. The number of aromatic nitrogens is 2. The summed E-state index contributed by atoms with van der Waals surface area (Å²) in [5.74, 6) is 0.584. The number of hydrogen-bond acceptors (Lipinski definition) is 2. The van der Waals surface area contributed by atoms with E-state index in [1.807, 2.05) is 21.5 Å². The Kier molecular flexibility index (Phi) is 4.27. The molecule has 1 saturated carbocycles. The highest BCUT2D eigenvalue weighted by Crippen LogP contribution is 2.33. The van der Waals surface area contributed by atoms with Gasteiger partial charge < -0.3 is 5.32 Å². The summed E-state index contributed by atoms with van der Waals surface area (Å²) in [4.78, 5) is 12.2. The normalized spacial score (nSPS) is 18.8. The van der Waals surface area contributed by atoms with Crippen LogP contribution in [0.2, 0.25) is 0 Å². The van der Waals surface area contributed by atoms with Crippen LogP contribution >= 0.6 is 0 Å². The topological polar surface area (TPSA) is 39.0 Å². The average molecular weight is 251 g/mol. The number of imidazole rings is 1. The molecule has 0 radical (unpaired) electrons. The molecule has 1 aliphatic carbocycles. The van der Waals surface area contributed by atoms with Crippen LogP contribution in [0.15, 0.2) is 17.2 Å². The Morgan fingerprint density at radius 3 is 2.67 bits per heavy atom. The fraction of sp³-hybridized carbons (Fsp3) is 0.786. The molecule has 1 fully saturated rings. The van der Waals surface area contributed by atoms with Crippen LogP contribution in [0.1, 0.15) is 46.1 Å². The van der Waals surface area contributed by atoms with Gasteiger partial charge in [-0.3, -0.25) is 9.13 Å². The lowest BCUT2D eigenvalue weighted by Gasteiger charge is -2.23. The third-order valence-corrected chi connectivity index (χ3v) is 4.00. The predicted octanol–water partition coefficient (Wildman–Crippen LogP) is 2.01. The van der Waals surface area contributed by atoms with E-state index in [1.165, 1.54) is 0 Å². The van der Waals surface area contributed by atoms with Gasteiger partial charge in [0.05, 0.1) is 0 Å². The van der Waals surface area contributed by atoms with Crippen molar-refractivity contribution >= 4 is 0 Å². The highest BCUT2D eigenvalue weighted by Gasteiger charge is 2.26. The Labute approximate surface area is 109 Å². The van der Waals surface area contributed by atoms with Gasteiger partial charge in [0.25, 0.3) is 0 Å². The summed E-state index contributed by atoms with van der Waals surface area (Å²) in [7, 11) is 0. The molecule has 0 aliphatic heterocycles. The molecule has 0 bridgehead atoms. The van der Waals surface area contributed by atoms with E-state index in [0.29, 0.717) is 18.0 Å². The first-order valence-corrected chi connectivity index (χ1v) is 7.18. The van der Waals surface area contributed by atoms with Gasteiger partial charge in [-0.15, -0.1) is 0 Å². The number of nitrogens with one attached hydrogen (secondary N) is 1. The van der Waals surface area contributed by atoms with Crippen LogP contribution in [0.3, 0.4) is 0 Å². The van der Waals surface area contributed by atoms with Gasteiger partial charge >= 0.3 is 5.69 Å². The number of likely N-dealkylation sites (N-methyl/N-ethyl adjacent to an activating group) is 1. The molecule has 1 heterocycles. The molecule has 4 heteroatoms. The minimum Gasteiger partial charge on any atom is -0.312 e.